The van der Waals surface area contributed by atoms with E-state index in [1.165, 1.54) is 48.2 Å². The van der Waals surface area contributed by atoms with Crippen molar-refractivity contribution in [2.45, 2.75) is 0 Å². The lowest BCUT2D eigenvalue weighted by molar-refractivity contribution is 1.18. The summed E-state index contributed by atoms with van der Waals surface area (Å²) in [7, 11) is -2.52. The molecule has 0 fully saturated rings. The Morgan fingerprint density at radius 1 is 0.459 bits per heavy atom. The first kappa shape index (κ1) is 22.0. The molecule has 7 rings (SSSR count). The van der Waals surface area contributed by atoms with Gasteiger partial charge in [-0.3, -0.25) is 0 Å². The molecular formula is C34H25NSSi. The molecule has 5 aromatic carbocycles. The minimum Gasteiger partial charge on any atom is -0.309 e. The SMILES string of the molecule is c1ccc(-n2c3ccccc3c3cc([Si](c4ccccc4)(c4ccccc4)c4ccsc4)ccc32)cc1. The molecule has 0 bridgehead atoms. The van der Waals surface area contributed by atoms with Crippen molar-refractivity contribution in [1.82, 2.24) is 4.57 Å². The summed E-state index contributed by atoms with van der Waals surface area (Å²) in [6.07, 6.45) is 0. The minimum absolute atomic E-state index is 1.19. The van der Waals surface area contributed by atoms with Gasteiger partial charge < -0.3 is 4.57 Å². The van der Waals surface area contributed by atoms with Crippen LogP contribution < -0.4 is 20.7 Å². The summed E-state index contributed by atoms with van der Waals surface area (Å²) in [5.74, 6) is 0. The van der Waals surface area contributed by atoms with E-state index in [4.69, 9.17) is 0 Å². The van der Waals surface area contributed by atoms with E-state index in [2.05, 4.69) is 155 Å². The van der Waals surface area contributed by atoms with Crippen molar-refractivity contribution in [3.05, 3.63) is 150 Å². The highest BCUT2D eigenvalue weighted by molar-refractivity contribution is 7.22. The monoisotopic (exact) mass is 507 g/mol. The van der Waals surface area contributed by atoms with Crippen LogP contribution in [0.5, 0.6) is 0 Å². The maximum absolute atomic E-state index is 2.52. The zero-order valence-electron chi connectivity index (χ0n) is 20.3. The third kappa shape index (κ3) is 3.43. The summed E-state index contributed by atoms with van der Waals surface area (Å²) >= 11 is 1.79. The maximum atomic E-state index is 2.49. The number of fused-ring (bicyclic) bond motifs is 3. The molecule has 3 heteroatoms. The highest BCUT2D eigenvalue weighted by Crippen LogP contribution is 2.31. The molecule has 0 aliphatic rings. The fourth-order valence-electron chi connectivity index (χ4n) is 5.92. The Labute approximate surface area is 221 Å². The van der Waals surface area contributed by atoms with Gasteiger partial charge in [0.2, 0.25) is 0 Å². The molecule has 176 valence electrons. The third-order valence-corrected chi connectivity index (χ3v) is 13.1. The lowest BCUT2D eigenvalue weighted by Crippen LogP contribution is -2.74. The van der Waals surface area contributed by atoms with Crippen molar-refractivity contribution in [1.29, 1.82) is 0 Å². The molecule has 0 aliphatic heterocycles. The number of nitrogens with zero attached hydrogens (tertiary/aromatic N) is 1. The van der Waals surface area contributed by atoms with Crippen LogP contribution in [0.2, 0.25) is 0 Å². The van der Waals surface area contributed by atoms with Crippen LogP contribution in [-0.2, 0) is 0 Å². The maximum Gasteiger partial charge on any atom is 0.180 e. The van der Waals surface area contributed by atoms with Gasteiger partial charge in [-0.1, -0.05) is 115 Å². The Morgan fingerprint density at radius 2 is 1.05 bits per heavy atom. The molecular weight excluding hydrogens is 483 g/mol. The predicted molar refractivity (Wildman–Crippen MR) is 162 cm³/mol. The fraction of sp³-hybridized carbons (Fsp3) is 0. The molecule has 0 unspecified atom stereocenters. The van der Waals surface area contributed by atoms with E-state index >= 15 is 0 Å². The van der Waals surface area contributed by atoms with Crippen LogP contribution in [0.15, 0.2) is 150 Å². The van der Waals surface area contributed by atoms with Gasteiger partial charge in [-0.2, -0.15) is 11.3 Å². The van der Waals surface area contributed by atoms with Gasteiger partial charge in [-0.15, -0.1) is 0 Å². The van der Waals surface area contributed by atoms with Crippen LogP contribution in [0.1, 0.15) is 0 Å². The third-order valence-electron chi connectivity index (χ3n) is 7.49. The van der Waals surface area contributed by atoms with Crippen LogP contribution in [0.3, 0.4) is 0 Å². The molecule has 0 saturated carbocycles. The normalized spacial score (nSPS) is 11.8. The highest BCUT2D eigenvalue weighted by Gasteiger charge is 2.41. The Hall–Kier alpha value is -4.18. The second kappa shape index (κ2) is 9.04. The van der Waals surface area contributed by atoms with E-state index in [0.29, 0.717) is 0 Å². The molecule has 1 nitrogen and oxygen atoms in total. The molecule has 7 aromatic rings. The predicted octanol–water partition coefficient (Wildman–Crippen LogP) is 6.22. The van der Waals surface area contributed by atoms with Gasteiger partial charge in [0.15, 0.2) is 8.07 Å². The van der Waals surface area contributed by atoms with Crippen molar-refractivity contribution >= 4 is 62.0 Å². The van der Waals surface area contributed by atoms with Gasteiger partial charge in [0.1, 0.15) is 0 Å². The average molecular weight is 508 g/mol. The topological polar surface area (TPSA) is 4.93 Å². The average Bonchev–Trinajstić information content (AvgIpc) is 3.62. The zero-order valence-corrected chi connectivity index (χ0v) is 22.1. The molecule has 2 aromatic heterocycles. The van der Waals surface area contributed by atoms with E-state index in [-0.39, 0.29) is 0 Å². The quantitative estimate of drug-likeness (QED) is 0.192. The second-order valence-corrected chi connectivity index (χ2v) is 14.0. The fourth-order valence-corrected chi connectivity index (χ4v) is 11.9. The van der Waals surface area contributed by atoms with Crippen LogP contribution in [0.4, 0.5) is 0 Å². The standard InChI is InChI=1S/C34H25NSSi/c1-4-12-26(13-5-1)35-33-19-11-10-18-31(33)32-24-29(20-21-34(32)35)37(30-22-23-36-25-30,27-14-6-2-7-15-27)28-16-8-3-9-17-28/h1-25H. The number of para-hydroxylation sites is 2. The largest absolute Gasteiger partial charge is 0.309 e. The zero-order chi connectivity index (χ0) is 24.7. The van der Waals surface area contributed by atoms with Crippen LogP contribution in [0.25, 0.3) is 27.5 Å². The lowest BCUT2D eigenvalue weighted by Gasteiger charge is -2.33. The molecule has 0 spiro atoms. The second-order valence-electron chi connectivity index (χ2n) is 9.41. The molecule has 0 atom stereocenters. The Bertz CT molecular complexity index is 1760. The molecule has 0 radical (unpaired) electrons. The van der Waals surface area contributed by atoms with E-state index in [0.717, 1.165) is 0 Å². The van der Waals surface area contributed by atoms with Gasteiger partial charge in [0.25, 0.3) is 0 Å². The van der Waals surface area contributed by atoms with Gasteiger partial charge in [0, 0.05) is 16.5 Å². The van der Waals surface area contributed by atoms with Gasteiger partial charge in [0.05, 0.1) is 11.0 Å². The Kier molecular flexibility index (Phi) is 5.39. The number of aromatic nitrogens is 1. The number of benzene rings is 5. The Balaban J connectivity index is 1.60. The molecule has 0 N–H and O–H groups in total. The van der Waals surface area contributed by atoms with E-state index < -0.39 is 8.07 Å². The van der Waals surface area contributed by atoms with Crippen molar-refractivity contribution in [2.75, 3.05) is 0 Å². The smallest absolute Gasteiger partial charge is 0.180 e. The summed E-state index contributed by atoms with van der Waals surface area (Å²) in [5, 5.41) is 12.8. The Morgan fingerprint density at radius 3 is 1.70 bits per heavy atom. The molecule has 2 heterocycles. The molecule has 37 heavy (non-hydrogen) atoms. The lowest BCUT2D eigenvalue weighted by atomic mass is 10.1. The van der Waals surface area contributed by atoms with Crippen LogP contribution in [0, 0.1) is 0 Å². The first-order chi connectivity index (χ1) is 18.4. The molecule has 0 amide bonds. The van der Waals surface area contributed by atoms with Gasteiger partial charge in [-0.25, -0.2) is 0 Å². The van der Waals surface area contributed by atoms with E-state index in [1.54, 1.807) is 11.3 Å². The molecule has 0 aliphatic carbocycles. The van der Waals surface area contributed by atoms with Gasteiger partial charge >= 0.3 is 0 Å². The van der Waals surface area contributed by atoms with Gasteiger partial charge in [-0.05, 0) is 55.8 Å². The van der Waals surface area contributed by atoms with E-state index in [1.807, 2.05) is 0 Å². The summed E-state index contributed by atoms with van der Waals surface area (Å²) in [4.78, 5) is 0. The van der Waals surface area contributed by atoms with Crippen molar-refractivity contribution in [3.8, 4) is 5.69 Å². The summed E-state index contributed by atoms with van der Waals surface area (Å²) < 4.78 is 2.40. The minimum atomic E-state index is -2.52. The first-order valence-electron chi connectivity index (χ1n) is 12.6. The van der Waals surface area contributed by atoms with Crippen LogP contribution in [-0.4, -0.2) is 12.6 Å². The van der Waals surface area contributed by atoms with E-state index in [9.17, 15) is 0 Å². The number of hydrogen-bond acceptors (Lipinski definition) is 1. The number of thiophene rings is 1. The van der Waals surface area contributed by atoms with Crippen molar-refractivity contribution in [2.24, 2.45) is 0 Å². The summed E-state index contributed by atoms with van der Waals surface area (Å²) in [6, 6.07) is 51.4. The van der Waals surface area contributed by atoms with Crippen LogP contribution >= 0.6 is 11.3 Å². The number of rotatable bonds is 5. The highest BCUT2D eigenvalue weighted by atomic mass is 32.1. The van der Waals surface area contributed by atoms with Crippen molar-refractivity contribution in [3.63, 3.8) is 0 Å². The first-order valence-corrected chi connectivity index (χ1v) is 15.5. The molecule has 0 saturated heterocycles. The number of hydrogen-bond donors (Lipinski definition) is 0. The summed E-state index contributed by atoms with van der Waals surface area (Å²) in [5.41, 5.74) is 3.67. The summed E-state index contributed by atoms with van der Waals surface area (Å²) in [6.45, 7) is 0. The van der Waals surface area contributed by atoms with Crippen molar-refractivity contribution < 1.29 is 0 Å².